The van der Waals surface area contributed by atoms with Crippen LogP contribution in [0.1, 0.15) is 39.0 Å². The lowest BCUT2D eigenvalue weighted by Crippen LogP contribution is -2.61. The Kier molecular flexibility index (Phi) is 10.5. The molecule has 0 aromatic rings. The van der Waals surface area contributed by atoms with Crippen molar-refractivity contribution in [1.29, 1.82) is 0 Å². The second kappa shape index (κ2) is 11.0. The first-order chi connectivity index (χ1) is 13.1. The molecule has 0 bridgehead atoms. The number of esters is 1. The van der Waals surface area contributed by atoms with E-state index in [1.54, 1.807) is 6.92 Å². The molecule has 0 aromatic heterocycles. The van der Waals surface area contributed by atoms with Gasteiger partial charge in [-0.05, 0) is 19.3 Å². The van der Waals surface area contributed by atoms with Crippen LogP contribution in [-0.4, -0.2) is 48.2 Å². The number of hydrogen-bond donors (Lipinski definition) is 2. The number of hydrogen-bond acceptors (Lipinski definition) is 5. The number of nitrogens with one attached hydrogen (secondary N) is 1. The van der Waals surface area contributed by atoms with E-state index in [0.29, 0.717) is 18.9 Å². The molecule has 0 heterocycles. The molecule has 1 amide bonds. The Bertz CT molecular complexity index is 566. The zero-order chi connectivity index (χ0) is 22.9. The summed E-state index contributed by atoms with van der Waals surface area (Å²) in [5.74, 6) is -12.0. The molecular formula is C16H22F7NO4S. The Morgan fingerprint density at radius 1 is 1.07 bits per heavy atom. The maximum absolute atomic E-state index is 13.6. The maximum Gasteiger partial charge on any atom is 0.466 e. The number of unbranched alkanes of at least 4 members (excludes halogenated alkanes) is 2. The van der Waals surface area contributed by atoms with E-state index < -0.39 is 60.9 Å². The minimum Gasteiger partial charge on any atom is -0.412 e. The number of amides is 1. The third-order valence-electron chi connectivity index (χ3n) is 3.53. The molecule has 1 N–H and O–H groups in total. The molecule has 0 spiro atoms. The van der Waals surface area contributed by atoms with Gasteiger partial charge in [0.1, 0.15) is 0 Å². The van der Waals surface area contributed by atoms with Gasteiger partial charge in [0.25, 0.3) is 0 Å². The van der Waals surface area contributed by atoms with E-state index in [2.05, 4.69) is 28.7 Å². The van der Waals surface area contributed by atoms with Crippen molar-refractivity contribution in [2.24, 2.45) is 0 Å². The number of alkyl halides is 7. The molecule has 0 rings (SSSR count). The summed E-state index contributed by atoms with van der Waals surface area (Å²) in [6, 6.07) is 0. The molecule has 1 unspecified atom stereocenters. The van der Waals surface area contributed by atoms with Crippen LogP contribution < -0.4 is 5.32 Å². The van der Waals surface area contributed by atoms with Crippen molar-refractivity contribution in [3.05, 3.63) is 12.7 Å². The molecule has 170 valence electrons. The lowest BCUT2D eigenvalue weighted by atomic mass is 10.1. The van der Waals surface area contributed by atoms with Gasteiger partial charge in [0.15, 0.2) is 0 Å². The van der Waals surface area contributed by atoms with Crippen molar-refractivity contribution in [2.45, 2.75) is 62.2 Å². The molecule has 5 nitrogen and oxygen atoms in total. The summed E-state index contributed by atoms with van der Waals surface area (Å²) in [6.07, 6.45) is -6.92. The lowest BCUT2D eigenvalue weighted by Gasteiger charge is -2.33. The average Bonchev–Trinajstić information content (AvgIpc) is 2.58. The standard InChI is InChI=1S/C16H22F7NO4S/c1-3-5-9-24-12(26)14(15(19,20)21,28-11(25)4-2)27-10-7-6-8-13(17,18)16(22,23)29/h4,29H,2-3,5-10H2,1H3,(H,24,26). The Labute approximate surface area is 168 Å². The zero-order valence-corrected chi connectivity index (χ0v) is 16.4. The third-order valence-corrected chi connectivity index (χ3v) is 3.86. The summed E-state index contributed by atoms with van der Waals surface area (Å²) in [7, 11) is 0. The number of ether oxygens (including phenoxy) is 2. The molecule has 13 heteroatoms. The van der Waals surface area contributed by atoms with Gasteiger partial charge in [0.2, 0.25) is 0 Å². The third kappa shape index (κ3) is 8.03. The summed E-state index contributed by atoms with van der Waals surface area (Å²) in [6.45, 7) is 3.48. The van der Waals surface area contributed by atoms with E-state index in [1.807, 2.05) is 5.32 Å². The van der Waals surface area contributed by atoms with Gasteiger partial charge in [-0.25, -0.2) is 4.79 Å². The molecular weight excluding hydrogens is 435 g/mol. The van der Waals surface area contributed by atoms with E-state index in [9.17, 15) is 40.3 Å². The molecule has 0 radical (unpaired) electrons. The minimum absolute atomic E-state index is 0.175. The zero-order valence-electron chi connectivity index (χ0n) is 15.5. The quantitative estimate of drug-likeness (QED) is 0.109. The van der Waals surface area contributed by atoms with Crippen LogP contribution >= 0.6 is 12.6 Å². The van der Waals surface area contributed by atoms with Crippen molar-refractivity contribution in [3.8, 4) is 0 Å². The summed E-state index contributed by atoms with van der Waals surface area (Å²) < 4.78 is 101. The number of carbonyl (C=O) groups is 2. The van der Waals surface area contributed by atoms with Crippen LogP contribution in [-0.2, 0) is 19.1 Å². The fourth-order valence-electron chi connectivity index (χ4n) is 1.90. The minimum atomic E-state index is -5.52. The molecule has 0 aromatic carbocycles. The van der Waals surface area contributed by atoms with Crippen molar-refractivity contribution in [3.63, 3.8) is 0 Å². The van der Waals surface area contributed by atoms with E-state index in [-0.39, 0.29) is 6.54 Å². The fourth-order valence-corrected chi connectivity index (χ4v) is 2.02. The highest BCUT2D eigenvalue weighted by atomic mass is 32.1. The van der Waals surface area contributed by atoms with Crippen molar-refractivity contribution in [2.75, 3.05) is 13.2 Å². The van der Waals surface area contributed by atoms with E-state index in [4.69, 9.17) is 0 Å². The van der Waals surface area contributed by atoms with Gasteiger partial charge in [-0.1, -0.05) is 32.6 Å². The van der Waals surface area contributed by atoms with Crippen molar-refractivity contribution < 1.29 is 49.8 Å². The van der Waals surface area contributed by atoms with E-state index in [1.165, 1.54) is 0 Å². The van der Waals surface area contributed by atoms with Gasteiger partial charge in [0, 0.05) is 19.0 Å². The number of rotatable bonds is 13. The largest absolute Gasteiger partial charge is 0.466 e. The number of halogens is 7. The van der Waals surface area contributed by atoms with Gasteiger partial charge in [-0.2, -0.15) is 30.7 Å². The van der Waals surface area contributed by atoms with Gasteiger partial charge in [0.05, 0.1) is 6.61 Å². The molecule has 0 fully saturated rings. The fraction of sp³-hybridized carbons (Fsp3) is 0.750. The van der Waals surface area contributed by atoms with E-state index in [0.717, 1.165) is 0 Å². The van der Waals surface area contributed by atoms with E-state index >= 15 is 0 Å². The van der Waals surface area contributed by atoms with Crippen LogP contribution in [0.2, 0.25) is 0 Å². The molecule has 0 saturated heterocycles. The normalized spacial score (nSPS) is 14.8. The van der Waals surface area contributed by atoms with Crippen LogP contribution in [0.4, 0.5) is 30.7 Å². The van der Waals surface area contributed by atoms with Crippen LogP contribution in [0.15, 0.2) is 12.7 Å². The molecule has 0 aliphatic carbocycles. The topological polar surface area (TPSA) is 64.6 Å². The second-order valence-corrected chi connectivity index (χ2v) is 6.46. The molecule has 0 aliphatic heterocycles. The summed E-state index contributed by atoms with van der Waals surface area (Å²) in [4.78, 5) is 23.4. The van der Waals surface area contributed by atoms with Crippen molar-refractivity contribution >= 4 is 24.5 Å². The predicted molar refractivity (Wildman–Crippen MR) is 91.7 cm³/mol. The first-order valence-corrected chi connectivity index (χ1v) is 8.91. The van der Waals surface area contributed by atoms with Crippen LogP contribution in [0.25, 0.3) is 0 Å². The molecule has 0 aliphatic rings. The predicted octanol–water partition coefficient (Wildman–Crippen LogP) is 4.24. The first kappa shape index (κ1) is 27.5. The van der Waals surface area contributed by atoms with Crippen LogP contribution in [0.5, 0.6) is 0 Å². The highest BCUT2D eigenvalue weighted by Gasteiger charge is 2.66. The smallest absolute Gasteiger partial charge is 0.412 e. The van der Waals surface area contributed by atoms with Gasteiger partial charge >= 0.3 is 35.0 Å². The maximum atomic E-state index is 13.6. The van der Waals surface area contributed by atoms with Crippen LogP contribution in [0.3, 0.4) is 0 Å². The first-order valence-electron chi connectivity index (χ1n) is 8.47. The lowest BCUT2D eigenvalue weighted by molar-refractivity contribution is -0.346. The monoisotopic (exact) mass is 457 g/mol. The summed E-state index contributed by atoms with van der Waals surface area (Å²) >= 11 is 2.48. The van der Waals surface area contributed by atoms with Crippen LogP contribution in [0, 0.1) is 0 Å². The Balaban J connectivity index is 5.26. The summed E-state index contributed by atoms with van der Waals surface area (Å²) in [5, 5.41) is -2.69. The average molecular weight is 457 g/mol. The Morgan fingerprint density at radius 3 is 2.10 bits per heavy atom. The molecule has 1 atom stereocenters. The highest BCUT2D eigenvalue weighted by molar-refractivity contribution is 7.81. The summed E-state index contributed by atoms with van der Waals surface area (Å²) in [5.41, 5.74) is 0. The van der Waals surface area contributed by atoms with Gasteiger partial charge in [-0.3, -0.25) is 4.79 Å². The van der Waals surface area contributed by atoms with Gasteiger partial charge < -0.3 is 14.8 Å². The molecule has 0 saturated carbocycles. The molecule has 29 heavy (non-hydrogen) atoms. The number of carbonyl (C=O) groups excluding carboxylic acids is 2. The highest BCUT2D eigenvalue weighted by Crippen LogP contribution is 2.41. The van der Waals surface area contributed by atoms with Gasteiger partial charge in [-0.15, -0.1) is 0 Å². The SMILES string of the molecule is C=CC(=O)OC(OCCCCC(F)(F)C(F)(F)S)(C(=O)NCCCC)C(F)(F)F. The van der Waals surface area contributed by atoms with Crippen molar-refractivity contribution in [1.82, 2.24) is 5.32 Å². The Morgan fingerprint density at radius 2 is 1.66 bits per heavy atom. The second-order valence-electron chi connectivity index (χ2n) is 5.90. The number of thiol groups is 1. The Hall–Kier alpha value is -1.50.